The van der Waals surface area contributed by atoms with Crippen molar-refractivity contribution in [2.24, 2.45) is 5.92 Å². The van der Waals surface area contributed by atoms with E-state index in [2.05, 4.69) is 0 Å². The highest BCUT2D eigenvalue weighted by atomic mass is 16.5. The zero-order valence-electron chi connectivity index (χ0n) is 17.8. The SMILES string of the molecule is CCOc1ccccc1Oc1c(C)oc2cc(OC(=O)C3CCCCC3)ccc2c1=O. The normalized spacial score (nSPS) is 14.4. The first-order valence-corrected chi connectivity index (χ1v) is 10.8. The Kier molecular flexibility index (Phi) is 6.26. The summed E-state index contributed by atoms with van der Waals surface area (Å²) in [6, 6.07) is 12.0. The molecule has 3 aromatic rings. The standard InChI is InChI=1S/C25H26O6/c1-3-28-20-11-7-8-12-21(20)31-24-16(2)29-22-15-18(13-14-19(22)23(24)26)30-25(27)17-9-5-4-6-10-17/h7-8,11-15,17H,3-6,9-10H2,1-2H3. The second-order valence-electron chi connectivity index (χ2n) is 7.71. The maximum absolute atomic E-state index is 13.1. The van der Waals surface area contributed by atoms with Crippen LogP contribution in [0.3, 0.4) is 0 Å². The van der Waals surface area contributed by atoms with Gasteiger partial charge in [0.25, 0.3) is 0 Å². The van der Waals surface area contributed by atoms with Crippen LogP contribution in [0.25, 0.3) is 11.0 Å². The molecule has 1 aliphatic rings. The molecule has 4 rings (SSSR count). The molecule has 0 saturated heterocycles. The van der Waals surface area contributed by atoms with Gasteiger partial charge in [0.15, 0.2) is 11.5 Å². The minimum absolute atomic E-state index is 0.0561. The average molecular weight is 422 g/mol. The topological polar surface area (TPSA) is 75.0 Å². The molecule has 0 unspecified atom stereocenters. The van der Waals surface area contributed by atoms with E-state index < -0.39 is 0 Å². The lowest BCUT2D eigenvalue weighted by Gasteiger charge is -2.19. The molecular weight excluding hydrogens is 396 g/mol. The highest BCUT2D eigenvalue weighted by molar-refractivity contribution is 5.81. The number of ether oxygens (including phenoxy) is 3. The van der Waals surface area contributed by atoms with Gasteiger partial charge in [0.05, 0.1) is 17.9 Å². The van der Waals surface area contributed by atoms with E-state index in [1.54, 1.807) is 37.3 Å². The third-order valence-electron chi connectivity index (χ3n) is 5.50. The van der Waals surface area contributed by atoms with E-state index in [1.807, 2.05) is 19.1 Å². The zero-order valence-corrected chi connectivity index (χ0v) is 17.8. The van der Waals surface area contributed by atoms with Crippen LogP contribution in [-0.2, 0) is 4.79 Å². The molecule has 0 spiro atoms. The van der Waals surface area contributed by atoms with Crippen molar-refractivity contribution in [3.05, 3.63) is 58.4 Å². The van der Waals surface area contributed by atoms with Crippen LogP contribution in [0.1, 0.15) is 44.8 Å². The second kappa shape index (κ2) is 9.25. The molecule has 0 atom stereocenters. The van der Waals surface area contributed by atoms with Crippen molar-refractivity contribution in [1.29, 1.82) is 0 Å². The second-order valence-corrected chi connectivity index (χ2v) is 7.71. The number of rotatable bonds is 6. The Hall–Kier alpha value is -3.28. The van der Waals surface area contributed by atoms with Gasteiger partial charge in [0, 0.05) is 6.07 Å². The molecule has 1 aromatic heterocycles. The maximum Gasteiger partial charge on any atom is 0.314 e. The van der Waals surface area contributed by atoms with Crippen molar-refractivity contribution in [3.63, 3.8) is 0 Å². The summed E-state index contributed by atoms with van der Waals surface area (Å²) in [4.78, 5) is 25.5. The van der Waals surface area contributed by atoms with E-state index in [1.165, 1.54) is 6.42 Å². The molecule has 0 bridgehead atoms. The van der Waals surface area contributed by atoms with Crippen LogP contribution < -0.4 is 19.6 Å². The Balaban J connectivity index is 1.61. The number of fused-ring (bicyclic) bond motifs is 1. The number of carbonyl (C=O) groups is 1. The fourth-order valence-corrected chi connectivity index (χ4v) is 3.91. The van der Waals surface area contributed by atoms with Crippen molar-refractivity contribution in [3.8, 4) is 23.0 Å². The number of aryl methyl sites for hydroxylation is 1. The zero-order chi connectivity index (χ0) is 21.8. The van der Waals surface area contributed by atoms with Crippen LogP contribution in [0, 0.1) is 12.8 Å². The van der Waals surface area contributed by atoms with Crippen molar-refractivity contribution >= 4 is 16.9 Å². The highest BCUT2D eigenvalue weighted by Crippen LogP contribution is 2.33. The number of hydrogen-bond acceptors (Lipinski definition) is 6. The molecule has 2 aromatic carbocycles. The molecular formula is C25H26O6. The van der Waals surface area contributed by atoms with E-state index in [0.29, 0.717) is 40.6 Å². The molecule has 0 radical (unpaired) electrons. The smallest absolute Gasteiger partial charge is 0.314 e. The minimum Gasteiger partial charge on any atom is -0.490 e. The molecule has 1 fully saturated rings. The summed E-state index contributed by atoms with van der Waals surface area (Å²) >= 11 is 0. The Labute approximate surface area is 180 Å². The Morgan fingerprint density at radius 3 is 2.55 bits per heavy atom. The molecule has 6 nitrogen and oxygen atoms in total. The van der Waals surface area contributed by atoms with Gasteiger partial charge in [-0.1, -0.05) is 31.4 Å². The van der Waals surface area contributed by atoms with Gasteiger partial charge >= 0.3 is 5.97 Å². The summed E-state index contributed by atoms with van der Waals surface area (Å²) in [6.07, 6.45) is 5.01. The van der Waals surface area contributed by atoms with Crippen LogP contribution >= 0.6 is 0 Å². The van der Waals surface area contributed by atoms with Gasteiger partial charge in [-0.25, -0.2) is 0 Å². The summed E-state index contributed by atoms with van der Waals surface area (Å²) < 4.78 is 22.9. The van der Waals surface area contributed by atoms with Gasteiger partial charge in [-0.05, 0) is 51.0 Å². The van der Waals surface area contributed by atoms with E-state index in [-0.39, 0.29) is 23.1 Å². The van der Waals surface area contributed by atoms with Crippen LogP contribution in [-0.4, -0.2) is 12.6 Å². The van der Waals surface area contributed by atoms with Gasteiger partial charge in [-0.3, -0.25) is 9.59 Å². The van der Waals surface area contributed by atoms with Crippen LogP contribution in [0.5, 0.6) is 23.0 Å². The predicted molar refractivity (Wildman–Crippen MR) is 117 cm³/mol. The van der Waals surface area contributed by atoms with Crippen molar-refractivity contribution < 1.29 is 23.4 Å². The average Bonchev–Trinajstić information content (AvgIpc) is 2.78. The Morgan fingerprint density at radius 1 is 1.06 bits per heavy atom. The van der Waals surface area contributed by atoms with Crippen LogP contribution in [0.15, 0.2) is 51.7 Å². The summed E-state index contributed by atoms with van der Waals surface area (Å²) in [7, 11) is 0. The molecule has 0 amide bonds. The lowest BCUT2D eigenvalue weighted by molar-refractivity contribution is -0.139. The maximum atomic E-state index is 13.1. The molecule has 1 saturated carbocycles. The van der Waals surface area contributed by atoms with E-state index >= 15 is 0 Å². The van der Waals surface area contributed by atoms with Crippen LogP contribution in [0.2, 0.25) is 0 Å². The molecule has 31 heavy (non-hydrogen) atoms. The Morgan fingerprint density at radius 2 is 1.81 bits per heavy atom. The molecule has 1 heterocycles. The summed E-state index contributed by atoms with van der Waals surface area (Å²) in [5.74, 6) is 1.53. The Bertz CT molecular complexity index is 1140. The lowest BCUT2D eigenvalue weighted by Crippen LogP contribution is -2.22. The number of benzene rings is 2. The number of para-hydroxylation sites is 2. The monoisotopic (exact) mass is 422 g/mol. The molecule has 162 valence electrons. The quantitative estimate of drug-likeness (QED) is 0.370. The van der Waals surface area contributed by atoms with Crippen LogP contribution in [0.4, 0.5) is 0 Å². The highest BCUT2D eigenvalue weighted by Gasteiger charge is 2.23. The number of hydrogen-bond donors (Lipinski definition) is 0. The largest absolute Gasteiger partial charge is 0.490 e. The van der Waals surface area contributed by atoms with Gasteiger partial charge in [0.2, 0.25) is 11.2 Å². The minimum atomic E-state index is -0.296. The fraction of sp³-hybridized carbons (Fsp3) is 0.360. The third-order valence-corrected chi connectivity index (χ3v) is 5.50. The molecule has 0 N–H and O–H groups in total. The third kappa shape index (κ3) is 4.58. The molecule has 6 heteroatoms. The van der Waals surface area contributed by atoms with Gasteiger partial charge in [-0.2, -0.15) is 0 Å². The van der Waals surface area contributed by atoms with Crippen molar-refractivity contribution in [2.45, 2.75) is 46.0 Å². The predicted octanol–water partition coefficient (Wildman–Crippen LogP) is 5.78. The number of esters is 1. The first-order valence-electron chi connectivity index (χ1n) is 10.8. The van der Waals surface area contributed by atoms with E-state index in [9.17, 15) is 9.59 Å². The summed E-state index contributed by atoms with van der Waals surface area (Å²) in [6.45, 7) is 4.03. The molecule has 0 aliphatic heterocycles. The van der Waals surface area contributed by atoms with E-state index in [4.69, 9.17) is 18.6 Å². The lowest BCUT2D eigenvalue weighted by atomic mass is 9.89. The fourth-order valence-electron chi connectivity index (χ4n) is 3.91. The van der Waals surface area contributed by atoms with Gasteiger partial charge in [0.1, 0.15) is 17.1 Å². The van der Waals surface area contributed by atoms with Crippen molar-refractivity contribution in [2.75, 3.05) is 6.61 Å². The van der Waals surface area contributed by atoms with E-state index in [0.717, 1.165) is 25.7 Å². The summed E-state index contributed by atoms with van der Waals surface area (Å²) in [5.41, 5.74) is 0.0529. The summed E-state index contributed by atoms with van der Waals surface area (Å²) in [5, 5.41) is 0.354. The van der Waals surface area contributed by atoms with Crippen molar-refractivity contribution in [1.82, 2.24) is 0 Å². The number of carbonyl (C=O) groups excluding carboxylic acids is 1. The molecule has 1 aliphatic carbocycles. The van der Waals surface area contributed by atoms with Gasteiger partial charge in [-0.15, -0.1) is 0 Å². The first-order chi connectivity index (χ1) is 15.1. The van der Waals surface area contributed by atoms with Gasteiger partial charge < -0.3 is 18.6 Å². The first kappa shape index (κ1) is 21.0.